The molecular weight excluding hydrogens is 540 g/mol. The lowest BCUT2D eigenvalue weighted by molar-refractivity contribution is -0.155. The molecule has 2 bridgehead atoms. The van der Waals surface area contributed by atoms with Crippen LogP contribution in [0, 0.1) is 23.7 Å². The Morgan fingerprint density at radius 3 is 2.51 bits per heavy atom. The lowest BCUT2D eigenvalue weighted by Gasteiger charge is -2.42. The van der Waals surface area contributed by atoms with E-state index in [1.54, 1.807) is 46.9 Å². The van der Waals surface area contributed by atoms with E-state index in [4.69, 9.17) is 9.47 Å². The molecule has 9 heteroatoms. The first-order chi connectivity index (χ1) is 19.7. The zero-order valence-electron chi connectivity index (χ0n) is 24.7. The molecule has 41 heavy (non-hydrogen) atoms. The van der Waals surface area contributed by atoms with Crippen LogP contribution >= 0.6 is 11.8 Å². The third kappa shape index (κ3) is 5.43. The standard InChI is InChI=1S/C32H44N2O6S/c1-7-9-10-11-17-40-31(38)26-25-18-21(5)32(41-25)27(26)29(36)34(24(19-35)20(3)4)28(32)30(37)33(16-8-2)22-12-14-23(39-6)15-13-22/h7-8,12-15,20-21,24-28,35H,1-2,9-11,16-19H2,3-6H3/t21?,24-,25-,26+,27-,28?,32?/m0/s1. The maximum atomic E-state index is 14.7. The quantitative estimate of drug-likeness (QED) is 0.196. The van der Waals surface area contributed by atoms with Crippen LogP contribution in [0.2, 0.25) is 0 Å². The molecule has 0 aliphatic carbocycles. The number of anilines is 1. The number of hydrogen-bond acceptors (Lipinski definition) is 7. The van der Waals surface area contributed by atoms with Gasteiger partial charge in [-0.3, -0.25) is 14.4 Å². The Kier molecular flexibility index (Phi) is 9.90. The van der Waals surface area contributed by atoms with E-state index in [9.17, 15) is 19.5 Å². The van der Waals surface area contributed by atoms with Crippen molar-refractivity contribution in [2.75, 3.05) is 31.8 Å². The SMILES string of the molecule is C=CCCCCOC(=O)[C@@H]1[C@@H]2CC(C)C3(S2)C(C(=O)N(CC=C)c2ccc(OC)cc2)N([C@@H](CO)C(C)C)C(=O)[C@H]13. The highest BCUT2D eigenvalue weighted by Gasteiger charge is 2.77. The number of nitrogens with zero attached hydrogens (tertiary/aromatic N) is 2. The molecule has 3 saturated heterocycles. The van der Waals surface area contributed by atoms with E-state index in [0.29, 0.717) is 18.0 Å². The first-order valence-electron chi connectivity index (χ1n) is 14.6. The van der Waals surface area contributed by atoms with Gasteiger partial charge in [-0.15, -0.1) is 24.9 Å². The minimum Gasteiger partial charge on any atom is -0.497 e. The largest absolute Gasteiger partial charge is 0.497 e. The molecule has 3 unspecified atom stereocenters. The molecule has 8 nitrogen and oxygen atoms in total. The summed E-state index contributed by atoms with van der Waals surface area (Å²) >= 11 is 1.61. The number of esters is 1. The molecule has 1 aromatic carbocycles. The predicted molar refractivity (Wildman–Crippen MR) is 162 cm³/mol. The van der Waals surface area contributed by atoms with E-state index in [0.717, 1.165) is 25.7 Å². The van der Waals surface area contributed by atoms with E-state index >= 15 is 0 Å². The van der Waals surface area contributed by atoms with E-state index in [1.165, 1.54) is 0 Å². The van der Waals surface area contributed by atoms with Gasteiger partial charge in [0, 0.05) is 17.5 Å². The van der Waals surface area contributed by atoms with Crippen molar-refractivity contribution in [1.29, 1.82) is 0 Å². The number of allylic oxidation sites excluding steroid dienone is 1. The van der Waals surface area contributed by atoms with Gasteiger partial charge in [0.1, 0.15) is 11.8 Å². The summed E-state index contributed by atoms with van der Waals surface area (Å²) in [4.78, 5) is 46.0. The van der Waals surface area contributed by atoms with Crippen molar-refractivity contribution in [3.63, 3.8) is 0 Å². The topological polar surface area (TPSA) is 96.4 Å². The summed E-state index contributed by atoms with van der Waals surface area (Å²) in [5.41, 5.74) is 0.661. The third-order valence-electron chi connectivity index (χ3n) is 9.01. The van der Waals surface area contributed by atoms with Crippen molar-refractivity contribution in [2.24, 2.45) is 23.7 Å². The average Bonchev–Trinajstić information content (AvgIpc) is 3.55. The number of carbonyl (C=O) groups is 3. The molecule has 0 saturated carbocycles. The first-order valence-corrected chi connectivity index (χ1v) is 15.5. The smallest absolute Gasteiger partial charge is 0.310 e. The van der Waals surface area contributed by atoms with Crippen LogP contribution in [0.15, 0.2) is 49.6 Å². The fraction of sp³-hybridized carbons (Fsp3) is 0.594. The average molecular weight is 585 g/mol. The molecule has 7 atom stereocenters. The highest BCUT2D eigenvalue weighted by Crippen LogP contribution is 2.69. The zero-order valence-corrected chi connectivity index (χ0v) is 25.5. The third-order valence-corrected chi connectivity index (χ3v) is 11.1. The number of aliphatic hydroxyl groups is 1. The minimum absolute atomic E-state index is 0.00925. The van der Waals surface area contributed by atoms with Crippen molar-refractivity contribution < 1.29 is 29.0 Å². The molecule has 3 aliphatic heterocycles. The molecule has 4 rings (SSSR count). The molecule has 2 amide bonds. The summed E-state index contributed by atoms with van der Waals surface area (Å²) in [6, 6.07) is 5.80. The molecule has 1 N–H and O–H groups in total. The summed E-state index contributed by atoms with van der Waals surface area (Å²) in [6.07, 6.45) is 6.69. The van der Waals surface area contributed by atoms with Crippen LogP contribution in [-0.4, -0.2) is 76.7 Å². The van der Waals surface area contributed by atoms with Gasteiger partial charge in [-0.05, 0) is 61.8 Å². The molecule has 0 aromatic heterocycles. The van der Waals surface area contributed by atoms with E-state index in [-0.39, 0.29) is 48.0 Å². The highest BCUT2D eigenvalue weighted by atomic mass is 32.2. The molecule has 3 fully saturated rings. The Bertz CT molecular complexity index is 1140. The number of aliphatic hydroxyl groups excluding tert-OH is 1. The summed E-state index contributed by atoms with van der Waals surface area (Å²) in [5.74, 6) is -1.56. The predicted octanol–water partition coefficient (Wildman–Crippen LogP) is 4.47. The fourth-order valence-electron chi connectivity index (χ4n) is 7.01. The molecule has 1 aromatic rings. The van der Waals surface area contributed by atoms with E-state index in [2.05, 4.69) is 20.1 Å². The molecule has 1 spiro atoms. The number of carbonyl (C=O) groups excluding carboxylic acids is 3. The van der Waals surface area contributed by atoms with Gasteiger partial charge in [-0.1, -0.05) is 32.9 Å². The van der Waals surface area contributed by atoms with Crippen molar-refractivity contribution in [2.45, 2.75) is 68.5 Å². The van der Waals surface area contributed by atoms with Gasteiger partial charge in [0.05, 0.1) is 42.9 Å². The van der Waals surface area contributed by atoms with Crippen LogP contribution in [-0.2, 0) is 19.1 Å². The molecule has 3 aliphatic rings. The monoisotopic (exact) mass is 584 g/mol. The van der Waals surface area contributed by atoms with Gasteiger partial charge in [0.25, 0.3) is 5.91 Å². The van der Waals surface area contributed by atoms with Crippen LogP contribution in [0.1, 0.15) is 46.5 Å². The van der Waals surface area contributed by atoms with Crippen LogP contribution < -0.4 is 9.64 Å². The minimum atomic E-state index is -0.850. The number of hydrogen-bond donors (Lipinski definition) is 1. The maximum Gasteiger partial charge on any atom is 0.310 e. The number of benzene rings is 1. The van der Waals surface area contributed by atoms with Gasteiger partial charge in [-0.25, -0.2) is 0 Å². The second-order valence-electron chi connectivity index (χ2n) is 11.7. The number of ether oxygens (including phenoxy) is 2. The summed E-state index contributed by atoms with van der Waals surface area (Å²) in [7, 11) is 1.59. The Morgan fingerprint density at radius 2 is 1.93 bits per heavy atom. The zero-order chi connectivity index (χ0) is 29.9. The van der Waals surface area contributed by atoms with Crippen molar-refractivity contribution in [3.8, 4) is 5.75 Å². The lowest BCUT2D eigenvalue weighted by Crippen LogP contribution is -2.60. The van der Waals surface area contributed by atoms with Crippen LogP contribution in [0.5, 0.6) is 5.75 Å². The van der Waals surface area contributed by atoms with E-state index in [1.807, 2.05) is 32.1 Å². The van der Waals surface area contributed by atoms with Crippen molar-refractivity contribution in [3.05, 3.63) is 49.6 Å². The van der Waals surface area contributed by atoms with Crippen molar-refractivity contribution >= 4 is 35.2 Å². The van der Waals surface area contributed by atoms with Crippen LogP contribution in [0.25, 0.3) is 0 Å². The summed E-state index contributed by atoms with van der Waals surface area (Å²) < 4.78 is 10.2. The second-order valence-corrected chi connectivity index (χ2v) is 13.2. The Morgan fingerprint density at radius 1 is 1.22 bits per heavy atom. The van der Waals surface area contributed by atoms with E-state index < -0.39 is 28.7 Å². The Balaban J connectivity index is 1.75. The summed E-state index contributed by atoms with van der Waals surface area (Å²) in [5, 5.41) is 10.4. The Labute approximate surface area is 248 Å². The Hall–Kier alpha value is -2.78. The number of amides is 2. The van der Waals surface area contributed by atoms with Crippen LogP contribution in [0.3, 0.4) is 0 Å². The van der Waals surface area contributed by atoms with Gasteiger partial charge in [-0.2, -0.15) is 0 Å². The first kappa shape index (κ1) is 31.2. The number of fused-ring (bicyclic) bond motifs is 1. The molecule has 0 radical (unpaired) electrons. The highest BCUT2D eigenvalue weighted by molar-refractivity contribution is 8.02. The van der Waals surface area contributed by atoms with Crippen molar-refractivity contribution in [1.82, 2.24) is 4.90 Å². The lowest BCUT2D eigenvalue weighted by atomic mass is 9.66. The van der Waals surface area contributed by atoms with Gasteiger partial charge < -0.3 is 24.4 Å². The molecular formula is C32H44N2O6S. The van der Waals surface area contributed by atoms with Crippen LogP contribution in [0.4, 0.5) is 5.69 Å². The summed E-state index contributed by atoms with van der Waals surface area (Å²) in [6.45, 7) is 13.8. The second kappa shape index (κ2) is 13.0. The normalized spacial score (nSPS) is 28.9. The number of rotatable bonds is 14. The molecule has 224 valence electrons. The fourth-order valence-corrected chi connectivity index (χ4v) is 9.40. The van der Waals surface area contributed by atoms with Gasteiger partial charge >= 0.3 is 5.97 Å². The number of methoxy groups -OCH3 is 1. The number of thioether (sulfide) groups is 1. The maximum absolute atomic E-state index is 14.7. The van der Waals surface area contributed by atoms with Gasteiger partial charge in [0.15, 0.2) is 0 Å². The number of unbranched alkanes of at least 4 members (excludes halogenated alkanes) is 2. The van der Waals surface area contributed by atoms with Gasteiger partial charge in [0.2, 0.25) is 5.91 Å². The number of likely N-dealkylation sites (tertiary alicyclic amines) is 1. The molecule has 3 heterocycles.